The molecule has 1 amide bonds. The average molecular weight is 414 g/mol. The molecule has 0 spiro atoms. The molecule has 0 fully saturated rings. The number of nitrogens with zero attached hydrogens (tertiary/aromatic N) is 3. The molecule has 0 unspecified atom stereocenters. The number of amides is 1. The zero-order valence-electron chi connectivity index (χ0n) is 16.3. The Balaban J connectivity index is 1.51. The molecule has 1 heterocycles. The minimum Gasteiger partial charge on any atom is -0.378 e. The van der Waals surface area contributed by atoms with Crippen LogP contribution in [0.3, 0.4) is 0 Å². The second-order valence-electron chi connectivity index (χ2n) is 6.59. The highest BCUT2D eigenvalue weighted by Gasteiger charge is 2.10. The molecule has 0 bridgehead atoms. The van der Waals surface area contributed by atoms with Gasteiger partial charge in [-0.3, -0.25) is 4.79 Å². The van der Waals surface area contributed by atoms with Gasteiger partial charge in [-0.2, -0.15) is 0 Å². The molecule has 3 rings (SSSR count). The first-order chi connectivity index (χ1) is 13.4. The van der Waals surface area contributed by atoms with Crippen LogP contribution in [-0.2, 0) is 4.79 Å². The van der Waals surface area contributed by atoms with E-state index in [1.54, 1.807) is 0 Å². The normalized spacial score (nSPS) is 10.6. The van der Waals surface area contributed by atoms with Gasteiger partial charge in [-0.05, 0) is 49.7 Å². The number of aryl methyl sites for hydroxylation is 2. The second kappa shape index (κ2) is 9.07. The summed E-state index contributed by atoms with van der Waals surface area (Å²) >= 11 is 2.82. The van der Waals surface area contributed by atoms with Gasteiger partial charge in [0, 0.05) is 31.2 Å². The van der Waals surface area contributed by atoms with Crippen LogP contribution < -0.4 is 15.5 Å². The molecule has 0 radical (unpaired) electrons. The highest BCUT2D eigenvalue weighted by atomic mass is 32.2. The summed E-state index contributed by atoms with van der Waals surface area (Å²) in [6.07, 6.45) is 0. The summed E-state index contributed by atoms with van der Waals surface area (Å²) in [4.78, 5) is 14.2. The van der Waals surface area contributed by atoms with Crippen molar-refractivity contribution in [2.24, 2.45) is 0 Å². The monoisotopic (exact) mass is 413 g/mol. The Kier molecular flexibility index (Phi) is 6.53. The van der Waals surface area contributed by atoms with Crippen molar-refractivity contribution < 1.29 is 4.79 Å². The fourth-order valence-electron chi connectivity index (χ4n) is 2.55. The number of hydrogen-bond acceptors (Lipinski definition) is 7. The predicted octanol–water partition coefficient (Wildman–Crippen LogP) is 4.70. The van der Waals surface area contributed by atoms with Crippen molar-refractivity contribution in [2.75, 3.05) is 35.4 Å². The molecule has 28 heavy (non-hydrogen) atoms. The Bertz CT molecular complexity index is 953. The molecule has 0 atom stereocenters. The molecule has 3 aromatic rings. The van der Waals surface area contributed by atoms with Gasteiger partial charge < -0.3 is 15.5 Å². The van der Waals surface area contributed by atoms with Gasteiger partial charge in [-0.1, -0.05) is 40.8 Å². The van der Waals surface area contributed by atoms with E-state index in [0.717, 1.165) is 27.0 Å². The maximum Gasteiger partial charge on any atom is 0.234 e. The van der Waals surface area contributed by atoms with Gasteiger partial charge in [0.15, 0.2) is 4.34 Å². The van der Waals surface area contributed by atoms with Crippen LogP contribution in [-0.4, -0.2) is 36.0 Å². The molecular weight excluding hydrogens is 390 g/mol. The van der Waals surface area contributed by atoms with E-state index in [0.29, 0.717) is 5.13 Å². The molecule has 1 aromatic heterocycles. The molecule has 6 nitrogen and oxygen atoms in total. The van der Waals surface area contributed by atoms with E-state index < -0.39 is 0 Å². The van der Waals surface area contributed by atoms with Crippen LogP contribution in [0.1, 0.15) is 11.1 Å². The first kappa shape index (κ1) is 20.2. The first-order valence-corrected chi connectivity index (χ1v) is 10.6. The molecule has 0 aliphatic heterocycles. The zero-order chi connectivity index (χ0) is 20.1. The summed E-state index contributed by atoms with van der Waals surface area (Å²) in [5, 5.41) is 15.2. The van der Waals surface area contributed by atoms with Crippen molar-refractivity contribution in [3.8, 4) is 0 Å². The third-order valence-corrected chi connectivity index (χ3v) is 6.00. The fraction of sp³-hybridized carbons (Fsp3) is 0.250. The maximum atomic E-state index is 12.2. The summed E-state index contributed by atoms with van der Waals surface area (Å²) in [5.74, 6) is 0.217. The average Bonchev–Trinajstić information content (AvgIpc) is 3.10. The second-order valence-corrected chi connectivity index (χ2v) is 8.79. The lowest BCUT2D eigenvalue weighted by molar-refractivity contribution is -0.113. The van der Waals surface area contributed by atoms with Gasteiger partial charge in [0.05, 0.1) is 5.75 Å². The zero-order valence-corrected chi connectivity index (χ0v) is 17.9. The highest BCUT2D eigenvalue weighted by Crippen LogP contribution is 2.29. The Morgan fingerprint density at radius 3 is 2.54 bits per heavy atom. The number of hydrogen-bond donors (Lipinski definition) is 2. The molecule has 146 valence electrons. The summed E-state index contributed by atoms with van der Waals surface area (Å²) in [7, 11) is 3.96. The van der Waals surface area contributed by atoms with Gasteiger partial charge in [0.2, 0.25) is 11.0 Å². The number of anilines is 4. The smallest absolute Gasteiger partial charge is 0.234 e. The SMILES string of the molecule is Cc1ccc(Nc2nnc(SCC(=O)Nc3ccc(N(C)C)cc3)s2)c(C)c1. The molecule has 0 aliphatic rings. The third kappa shape index (κ3) is 5.46. The number of carbonyl (C=O) groups is 1. The predicted molar refractivity (Wildman–Crippen MR) is 119 cm³/mol. The van der Waals surface area contributed by atoms with Gasteiger partial charge in [-0.25, -0.2) is 0 Å². The molecule has 8 heteroatoms. The molecule has 2 N–H and O–H groups in total. The lowest BCUT2D eigenvalue weighted by Gasteiger charge is -2.12. The fourth-order valence-corrected chi connectivity index (χ4v) is 4.12. The van der Waals surface area contributed by atoms with Gasteiger partial charge in [0.25, 0.3) is 0 Å². The number of aromatic nitrogens is 2. The van der Waals surface area contributed by atoms with Crippen LogP contribution in [0.2, 0.25) is 0 Å². The number of benzene rings is 2. The van der Waals surface area contributed by atoms with Crippen molar-refractivity contribution in [1.82, 2.24) is 10.2 Å². The van der Waals surface area contributed by atoms with Gasteiger partial charge in [0.1, 0.15) is 0 Å². The minimum atomic E-state index is -0.0679. The van der Waals surface area contributed by atoms with Crippen LogP contribution >= 0.6 is 23.1 Å². The van der Waals surface area contributed by atoms with E-state index >= 15 is 0 Å². The van der Waals surface area contributed by atoms with Crippen LogP contribution in [0, 0.1) is 13.8 Å². The number of carbonyl (C=O) groups excluding carboxylic acids is 1. The highest BCUT2D eigenvalue weighted by molar-refractivity contribution is 8.01. The van der Waals surface area contributed by atoms with Crippen LogP contribution in [0.5, 0.6) is 0 Å². The lowest BCUT2D eigenvalue weighted by atomic mass is 10.1. The molecule has 0 saturated carbocycles. The summed E-state index contributed by atoms with van der Waals surface area (Å²) < 4.78 is 0.755. The van der Waals surface area contributed by atoms with E-state index in [1.807, 2.05) is 49.3 Å². The van der Waals surface area contributed by atoms with E-state index in [4.69, 9.17) is 0 Å². The van der Waals surface area contributed by atoms with E-state index in [2.05, 4.69) is 46.8 Å². The van der Waals surface area contributed by atoms with E-state index in [9.17, 15) is 4.79 Å². The Labute approximate surface area is 173 Å². The lowest BCUT2D eigenvalue weighted by Crippen LogP contribution is -2.14. The summed E-state index contributed by atoms with van der Waals surface area (Å²) in [6.45, 7) is 4.12. The van der Waals surface area contributed by atoms with Crippen molar-refractivity contribution in [1.29, 1.82) is 0 Å². The number of nitrogens with one attached hydrogen (secondary N) is 2. The minimum absolute atomic E-state index is 0.0679. The van der Waals surface area contributed by atoms with E-state index in [1.165, 1.54) is 28.7 Å². The van der Waals surface area contributed by atoms with Crippen molar-refractivity contribution in [3.05, 3.63) is 53.6 Å². The Morgan fingerprint density at radius 2 is 1.86 bits per heavy atom. The number of thioether (sulfide) groups is 1. The summed E-state index contributed by atoms with van der Waals surface area (Å²) in [6, 6.07) is 13.9. The van der Waals surface area contributed by atoms with Crippen LogP contribution in [0.15, 0.2) is 46.8 Å². The van der Waals surface area contributed by atoms with Gasteiger partial charge >= 0.3 is 0 Å². The Morgan fingerprint density at radius 1 is 1.11 bits per heavy atom. The van der Waals surface area contributed by atoms with Crippen molar-refractivity contribution in [2.45, 2.75) is 18.2 Å². The molecule has 0 aliphatic carbocycles. The molecule has 0 saturated heterocycles. The van der Waals surface area contributed by atoms with Crippen LogP contribution in [0.25, 0.3) is 0 Å². The molecule has 2 aromatic carbocycles. The van der Waals surface area contributed by atoms with Crippen molar-refractivity contribution >= 4 is 51.2 Å². The number of rotatable bonds is 7. The first-order valence-electron chi connectivity index (χ1n) is 8.78. The van der Waals surface area contributed by atoms with Crippen LogP contribution in [0.4, 0.5) is 22.2 Å². The Hall–Kier alpha value is -2.58. The molecular formula is C20H23N5OS2. The maximum absolute atomic E-state index is 12.2. The standard InChI is InChI=1S/C20H23N5OS2/c1-13-5-10-17(14(2)11-13)22-19-23-24-20(28-19)27-12-18(26)21-15-6-8-16(9-7-15)25(3)4/h5-11H,12H2,1-4H3,(H,21,26)(H,22,23). The van der Waals surface area contributed by atoms with E-state index in [-0.39, 0.29) is 11.7 Å². The van der Waals surface area contributed by atoms with Gasteiger partial charge in [-0.15, -0.1) is 10.2 Å². The third-order valence-electron chi connectivity index (χ3n) is 4.02. The largest absolute Gasteiger partial charge is 0.378 e. The topological polar surface area (TPSA) is 70.1 Å². The quantitative estimate of drug-likeness (QED) is 0.548. The van der Waals surface area contributed by atoms with Crippen molar-refractivity contribution in [3.63, 3.8) is 0 Å². The summed E-state index contributed by atoms with van der Waals surface area (Å²) in [5.41, 5.74) is 5.26.